The van der Waals surface area contributed by atoms with E-state index in [-0.39, 0.29) is 23.1 Å². The second-order valence-corrected chi connectivity index (χ2v) is 10.8. The first-order valence-electron chi connectivity index (χ1n) is 12.9. The quantitative estimate of drug-likeness (QED) is 0.422. The molecule has 2 aliphatic rings. The first-order valence-corrected chi connectivity index (χ1v) is 13.3. The van der Waals surface area contributed by atoms with E-state index in [9.17, 15) is 9.59 Å². The van der Waals surface area contributed by atoms with E-state index in [1.165, 1.54) is 10.2 Å². The Bertz CT molecular complexity index is 1260. The number of nitrogens with one attached hydrogen (secondary N) is 2. The molecule has 7 nitrogen and oxygen atoms in total. The van der Waals surface area contributed by atoms with Gasteiger partial charge in [0.1, 0.15) is 11.7 Å². The molecule has 194 valence electrons. The van der Waals surface area contributed by atoms with Crippen LogP contribution in [0.5, 0.6) is 0 Å². The van der Waals surface area contributed by atoms with Gasteiger partial charge in [0.05, 0.1) is 0 Å². The van der Waals surface area contributed by atoms with Crippen molar-refractivity contribution in [2.45, 2.75) is 50.5 Å². The Kier molecular flexibility index (Phi) is 7.36. The van der Waals surface area contributed by atoms with Crippen molar-refractivity contribution in [1.29, 1.82) is 0 Å². The van der Waals surface area contributed by atoms with Crippen LogP contribution in [0.25, 0.3) is 0 Å². The van der Waals surface area contributed by atoms with E-state index in [4.69, 9.17) is 16.3 Å². The molecule has 0 radical (unpaired) electrons. The number of ether oxygens (including phenoxy) is 1. The molecule has 1 aromatic heterocycles. The van der Waals surface area contributed by atoms with Crippen molar-refractivity contribution in [3.8, 4) is 0 Å². The fraction of sp³-hybridized carbons (Fsp3) is 0.414. The highest BCUT2D eigenvalue weighted by Gasteiger charge is 2.51. The minimum absolute atomic E-state index is 0.153. The molecule has 1 unspecified atom stereocenters. The van der Waals surface area contributed by atoms with Gasteiger partial charge in [-0.1, -0.05) is 48.9 Å². The lowest BCUT2D eigenvalue weighted by Gasteiger charge is -2.33. The van der Waals surface area contributed by atoms with E-state index in [2.05, 4.69) is 34.8 Å². The average Bonchev–Trinajstić information content (AvgIpc) is 3.50. The van der Waals surface area contributed by atoms with Gasteiger partial charge in [-0.05, 0) is 72.4 Å². The Labute approximate surface area is 222 Å². The monoisotopic (exact) mass is 520 g/mol. The van der Waals surface area contributed by atoms with Gasteiger partial charge in [-0.15, -0.1) is 0 Å². The van der Waals surface area contributed by atoms with Crippen LogP contribution in [0.3, 0.4) is 0 Å². The second kappa shape index (κ2) is 10.7. The summed E-state index contributed by atoms with van der Waals surface area (Å²) in [5.74, 6) is -0.438. The zero-order chi connectivity index (χ0) is 26.0. The third-order valence-electron chi connectivity index (χ3n) is 7.86. The molecule has 0 bridgehead atoms. The van der Waals surface area contributed by atoms with Gasteiger partial charge in [-0.25, -0.2) is 0 Å². The van der Waals surface area contributed by atoms with E-state index < -0.39 is 6.04 Å². The van der Waals surface area contributed by atoms with Crippen LogP contribution in [0.2, 0.25) is 5.02 Å². The highest BCUT2D eigenvalue weighted by molar-refractivity contribution is 6.31. The van der Waals surface area contributed by atoms with Gasteiger partial charge in [0.15, 0.2) is 0 Å². The summed E-state index contributed by atoms with van der Waals surface area (Å²) in [5, 5.41) is 10.8. The van der Waals surface area contributed by atoms with E-state index in [0.29, 0.717) is 22.3 Å². The normalized spacial score (nSPS) is 18.6. The molecule has 2 heterocycles. The van der Waals surface area contributed by atoms with Gasteiger partial charge in [0.2, 0.25) is 5.91 Å². The second-order valence-electron chi connectivity index (χ2n) is 10.4. The number of nitrogens with zero attached hydrogens (tertiary/aromatic N) is 2. The molecule has 37 heavy (non-hydrogen) atoms. The van der Waals surface area contributed by atoms with Gasteiger partial charge >= 0.3 is 0 Å². The van der Waals surface area contributed by atoms with Gasteiger partial charge in [0.25, 0.3) is 5.91 Å². The SMILES string of the molecule is Cn1nccc1C(=O)N[C@H](C(=O)Nc1ccc(C2CCOCC2)cc1)C(c1ccccc1Cl)C1(C)CC1. The molecule has 5 rings (SSSR count). The van der Waals surface area contributed by atoms with E-state index in [1.807, 2.05) is 36.4 Å². The third-order valence-corrected chi connectivity index (χ3v) is 8.20. The number of carbonyl (C=O) groups excluding carboxylic acids is 2. The Balaban J connectivity index is 1.43. The molecule has 1 aliphatic heterocycles. The van der Waals surface area contributed by atoms with E-state index >= 15 is 0 Å². The summed E-state index contributed by atoms with van der Waals surface area (Å²) in [6.07, 6.45) is 5.48. The maximum atomic E-state index is 13.9. The fourth-order valence-electron chi connectivity index (χ4n) is 5.39. The topological polar surface area (TPSA) is 85.2 Å². The van der Waals surface area contributed by atoms with Crippen molar-refractivity contribution in [2.24, 2.45) is 12.5 Å². The zero-order valence-electron chi connectivity index (χ0n) is 21.2. The molecule has 2 N–H and O–H groups in total. The van der Waals surface area contributed by atoms with Gasteiger partial charge in [0, 0.05) is 43.1 Å². The van der Waals surface area contributed by atoms with E-state index in [0.717, 1.165) is 44.5 Å². The maximum Gasteiger partial charge on any atom is 0.270 e. The predicted molar refractivity (Wildman–Crippen MR) is 144 cm³/mol. The van der Waals surface area contributed by atoms with Crippen LogP contribution in [0.1, 0.15) is 66.1 Å². The largest absolute Gasteiger partial charge is 0.381 e. The van der Waals surface area contributed by atoms with Crippen molar-refractivity contribution in [3.63, 3.8) is 0 Å². The smallest absolute Gasteiger partial charge is 0.270 e. The van der Waals surface area contributed by atoms with Crippen LogP contribution in [0, 0.1) is 5.41 Å². The first kappa shape index (κ1) is 25.5. The summed E-state index contributed by atoms with van der Waals surface area (Å²) in [7, 11) is 1.71. The lowest BCUT2D eigenvalue weighted by Crippen LogP contribution is -2.50. The minimum Gasteiger partial charge on any atom is -0.381 e. The molecular formula is C29H33ClN4O3. The Morgan fingerprint density at radius 3 is 2.41 bits per heavy atom. The van der Waals surface area contributed by atoms with E-state index in [1.54, 1.807) is 19.3 Å². The highest BCUT2D eigenvalue weighted by Crippen LogP contribution is 2.58. The van der Waals surface area contributed by atoms with Gasteiger partial charge < -0.3 is 15.4 Å². The molecule has 1 saturated heterocycles. The number of rotatable bonds is 8. The lowest BCUT2D eigenvalue weighted by atomic mass is 9.78. The van der Waals surface area contributed by atoms with Crippen molar-refractivity contribution in [1.82, 2.24) is 15.1 Å². The number of aromatic nitrogens is 2. The van der Waals surface area contributed by atoms with Crippen LogP contribution in [-0.2, 0) is 16.6 Å². The average molecular weight is 521 g/mol. The first-order chi connectivity index (χ1) is 17.9. The molecule has 0 spiro atoms. The Hall–Kier alpha value is -3.16. The predicted octanol–water partition coefficient (Wildman–Crippen LogP) is 5.29. The number of aryl methyl sites for hydroxylation is 1. The molecule has 1 saturated carbocycles. The van der Waals surface area contributed by atoms with Crippen molar-refractivity contribution < 1.29 is 14.3 Å². The fourth-order valence-corrected chi connectivity index (χ4v) is 5.65. The summed E-state index contributed by atoms with van der Waals surface area (Å²) < 4.78 is 6.99. The molecule has 2 amide bonds. The van der Waals surface area contributed by atoms with Crippen LogP contribution in [0.4, 0.5) is 5.69 Å². The maximum absolute atomic E-state index is 13.9. The number of hydrogen-bond donors (Lipinski definition) is 2. The summed E-state index contributed by atoms with van der Waals surface area (Å²) in [6.45, 7) is 3.72. The number of amides is 2. The molecular weight excluding hydrogens is 488 g/mol. The molecule has 3 aromatic rings. The molecule has 2 fully saturated rings. The van der Waals surface area contributed by atoms with Crippen LogP contribution < -0.4 is 10.6 Å². The Morgan fingerprint density at radius 1 is 1.08 bits per heavy atom. The summed E-state index contributed by atoms with van der Waals surface area (Å²) in [6, 6.07) is 16.4. The van der Waals surface area contributed by atoms with Gasteiger partial charge in [-0.3, -0.25) is 14.3 Å². The number of carbonyl (C=O) groups is 2. The number of anilines is 1. The summed E-state index contributed by atoms with van der Waals surface area (Å²) in [5.41, 5.74) is 3.04. The number of halogens is 1. The minimum atomic E-state index is -0.829. The molecule has 2 atom stereocenters. The summed E-state index contributed by atoms with van der Waals surface area (Å²) >= 11 is 6.65. The van der Waals surface area contributed by atoms with Crippen molar-refractivity contribution in [3.05, 3.63) is 82.6 Å². The summed E-state index contributed by atoms with van der Waals surface area (Å²) in [4.78, 5) is 27.2. The van der Waals surface area contributed by atoms with Crippen LogP contribution >= 0.6 is 11.6 Å². The van der Waals surface area contributed by atoms with Crippen LogP contribution in [0.15, 0.2) is 60.8 Å². The lowest BCUT2D eigenvalue weighted by molar-refractivity contribution is -0.119. The van der Waals surface area contributed by atoms with Crippen molar-refractivity contribution in [2.75, 3.05) is 18.5 Å². The third kappa shape index (κ3) is 5.58. The standard InChI is InChI=1S/C29H33ClN4O3/c1-29(14-15-29)25(22-5-3-4-6-23(22)30)26(33-27(35)24-11-16-31-34(24)2)28(36)32-21-9-7-19(8-10-21)20-12-17-37-18-13-20/h3-11,16,20,25-26H,12-15,17-18H2,1-2H3,(H,32,36)(H,33,35)/t25?,26-/m0/s1. The number of hydrogen-bond acceptors (Lipinski definition) is 4. The molecule has 1 aliphatic carbocycles. The van der Waals surface area contributed by atoms with Crippen LogP contribution in [-0.4, -0.2) is 40.9 Å². The van der Waals surface area contributed by atoms with Crippen molar-refractivity contribution >= 4 is 29.1 Å². The van der Waals surface area contributed by atoms with Gasteiger partial charge in [-0.2, -0.15) is 5.10 Å². The number of benzene rings is 2. The molecule has 2 aromatic carbocycles. The highest BCUT2D eigenvalue weighted by atomic mass is 35.5. The molecule has 8 heteroatoms. The Morgan fingerprint density at radius 2 is 1.78 bits per heavy atom. The zero-order valence-corrected chi connectivity index (χ0v) is 22.0.